The first kappa shape index (κ1) is 10.7. The van der Waals surface area contributed by atoms with E-state index in [9.17, 15) is 4.79 Å². The maximum atomic E-state index is 12.0. The predicted molar refractivity (Wildman–Crippen MR) is 59.8 cm³/mol. The van der Waals surface area contributed by atoms with Crippen LogP contribution in [0, 0.1) is 5.92 Å². The maximum Gasteiger partial charge on any atom is 0.320 e. The monoisotopic (exact) mass is 211 g/mol. The van der Waals surface area contributed by atoms with Gasteiger partial charge in [0.15, 0.2) is 0 Å². The summed E-state index contributed by atoms with van der Waals surface area (Å²) in [5, 5.41) is 3.34. The lowest BCUT2D eigenvalue weighted by molar-refractivity contribution is 0.178. The van der Waals surface area contributed by atoms with Crippen molar-refractivity contribution in [1.29, 1.82) is 0 Å². The number of rotatable bonds is 3. The van der Waals surface area contributed by atoms with Gasteiger partial charge in [-0.3, -0.25) is 0 Å². The molecule has 0 spiro atoms. The Bertz CT molecular complexity index is 236. The van der Waals surface area contributed by atoms with Crippen molar-refractivity contribution in [2.45, 2.75) is 26.3 Å². The molecule has 2 rings (SSSR count). The summed E-state index contributed by atoms with van der Waals surface area (Å²) in [7, 11) is 0. The van der Waals surface area contributed by atoms with Gasteiger partial charge < -0.3 is 15.1 Å². The molecule has 0 radical (unpaired) electrons. The van der Waals surface area contributed by atoms with Crippen molar-refractivity contribution >= 4 is 6.03 Å². The average Bonchev–Trinajstić information content (AvgIpc) is 2.78. The average molecular weight is 211 g/mol. The molecular formula is C11H21N3O. The Hall–Kier alpha value is -0.770. The van der Waals surface area contributed by atoms with Crippen LogP contribution in [0.4, 0.5) is 4.79 Å². The fraction of sp³-hybridized carbons (Fsp3) is 0.909. The maximum absolute atomic E-state index is 12.0. The summed E-state index contributed by atoms with van der Waals surface area (Å²) in [5.74, 6) is 0.668. The van der Waals surface area contributed by atoms with Crippen molar-refractivity contribution in [2.24, 2.45) is 5.92 Å². The minimum Gasteiger partial charge on any atom is -0.323 e. The fourth-order valence-corrected chi connectivity index (χ4v) is 2.43. The van der Waals surface area contributed by atoms with Crippen LogP contribution >= 0.6 is 0 Å². The van der Waals surface area contributed by atoms with E-state index in [0.29, 0.717) is 12.0 Å². The highest BCUT2D eigenvalue weighted by atomic mass is 16.2. The van der Waals surface area contributed by atoms with Crippen molar-refractivity contribution < 1.29 is 4.79 Å². The Morgan fingerprint density at radius 2 is 2.27 bits per heavy atom. The minimum atomic E-state index is 0.233. The number of nitrogens with zero attached hydrogens (tertiary/aromatic N) is 2. The minimum absolute atomic E-state index is 0.233. The Kier molecular flexibility index (Phi) is 3.14. The van der Waals surface area contributed by atoms with Gasteiger partial charge in [0.2, 0.25) is 0 Å². The van der Waals surface area contributed by atoms with Crippen LogP contribution in [0.25, 0.3) is 0 Å². The molecule has 86 valence electrons. The number of hydrogen-bond donors (Lipinski definition) is 1. The quantitative estimate of drug-likeness (QED) is 0.747. The molecule has 0 aliphatic carbocycles. The smallest absolute Gasteiger partial charge is 0.320 e. The number of amides is 2. The number of carbonyl (C=O) groups excluding carboxylic acids is 1. The highest BCUT2D eigenvalue weighted by Crippen LogP contribution is 2.16. The van der Waals surface area contributed by atoms with E-state index in [4.69, 9.17) is 0 Å². The molecule has 0 aromatic heterocycles. The van der Waals surface area contributed by atoms with Crippen molar-refractivity contribution in [3.05, 3.63) is 0 Å². The Labute approximate surface area is 91.6 Å². The van der Waals surface area contributed by atoms with Gasteiger partial charge in [0, 0.05) is 25.7 Å². The van der Waals surface area contributed by atoms with Crippen LogP contribution in [0.15, 0.2) is 0 Å². The summed E-state index contributed by atoms with van der Waals surface area (Å²) in [4.78, 5) is 15.9. The highest BCUT2D eigenvalue weighted by molar-refractivity contribution is 5.76. The lowest BCUT2D eigenvalue weighted by atomic mass is 10.1. The van der Waals surface area contributed by atoms with Gasteiger partial charge in [0.25, 0.3) is 0 Å². The lowest BCUT2D eigenvalue weighted by Gasteiger charge is -2.23. The molecular weight excluding hydrogens is 190 g/mol. The van der Waals surface area contributed by atoms with E-state index in [1.165, 1.54) is 6.42 Å². The van der Waals surface area contributed by atoms with E-state index < -0.39 is 0 Å². The molecule has 0 bridgehead atoms. The second kappa shape index (κ2) is 4.39. The summed E-state index contributed by atoms with van der Waals surface area (Å²) in [6.45, 7) is 9.10. The molecule has 0 saturated carbocycles. The zero-order valence-electron chi connectivity index (χ0n) is 9.70. The van der Waals surface area contributed by atoms with Crippen LogP contribution < -0.4 is 5.32 Å². The SMILES string of the molecule is CC(C)N1CCN(CC2CCNC2)C1=O. The summed E-state index contributed by atoms with van der Waals surface area (Å²) < 4.78 is 0. The Morgan fingerprint density at radius 1 is 1.47 bits per heavy atom. The second-order valence-electron chi connectivity index (χ2n) is 4.87. The molecule has 2 fully saturated rings. The number of hydrogen-bond acceptors (Lipinski definition) is 2. The molecule has 0 aromatic rings. The second-order valence-corrected chi connectivity index (χ2v) is 4.87. The molecule has 4 nitrogen and oxygen atoms in total. The van der Waals surface area contributed by atoms with E-state index in [2.05, 4.69) is 19.2 Å². The predicted octanol–water partition coefficient (Wildman–Crippen LogP) is 0.742. The van der Waals surface area contributed by atoms with Gasteiger partial charge in [-0.15, -0.1) is 0 Å². The van der Waals surface area contributed by atoms with E-state index in [0.717, 1.165) is 32.7 Å². The van der Waals surface area contributed by atoms with Gasteiger partial charge in [-0.2, -0.15) is 0 Å². The topological polar surface area (TPSA) is 35.6 Å². The molecule has 2 saturated heterocycles. The standard InChI is InChI=1S/C11H21N3O/c1-9(2)14-6-5-13(11(14)15)8-10-3-4-12-7-10/h9-10,12H,3-8H2,1-2H3. The van der Waals surface area contributed by atoms with Crippen molar-refractivity contribution in [2.75, 3.05) is 32.7 Å². The first-order chi connectivity index (χ1) is 7.18. The van der Waals surface area contributed by atoms with Crippen LogP contribution in [-0.2, 0) is 0 Å². The van der Waals surface area contributed by atoms with Gasteiger partial charge in [-0.1, -0.05) is 0 Å². The van der Waals surface area contributed by atoms with Crippen LogP contribution in [0.5, 0.6) is 0 Å². The third-order valence-electron chi connectivity index (χ3n) is 3.39. The number of carbonyl (C=O) groups is 1. The molecule has 1 unspecified atom stereocenters. The molecule has 2 amide bonds. The molecule has 2 heterocycles. The van der Waals surface area contributed by atoms with Crippen LogP contribution in [-0.4, -0.2) is 54.6 Å². The molecule has 0 aromatic carbocycles. The van der Waals surface area contributed by atoms with Gasteiger partial charge in [-0.25, -0.2) is 4.79 Å². The van der Waals surface area contributed by atoms with Crippen molar-refractivity contribution in [1.82, 2.24) is 15.1 Å². The van der Waals surface area contributed by atoms with E-state index >= 15 is 0 Å². The number of nitrogens with one attached hydrogen (secondary N) is 1. The first-order valence-corrected chi connectivity index (χ1v) is 5.94. The molecule has 2 aliphatic rings. The highest BCUT2D eigenvalue weighted by Gasteiger charge is 2.31. The van der Waals surface area contributed by atoms with Crippen LogP contribution in [0.2, 0.25) is 0 Å². The van der Waals surface area contributed by atoms with Gasteiger partial charge in [0.1, 0.15) is 0 Å². The summed E-state index contributed by atoms with van der Waals surface area (Å²) in [6, 6.07) is 0.570. The Morgan fingerprint density at radius 3 is 2.80 bits per heavy atom. The van der Waals surface area contributed by atoms with E-state index in [1.54, 1.807) is 0 Å². The third kappa shape index (κ3) is 2.25. The van der Waals surface area contributed by atoms with Crippen molar-refractivity contribution in [3.63, 3.8) is 0 Å². The van der Waals surface area contributed by atoms with E-state index in [1.807, 2.05) is 9.80 Å². The number of urea groups is 1. The van der Waals surface area contributed by atoms with Gasteiger partial charge in [-0.05, 0) is 39.3 Å². The van der Waals surface area contributed by atoms with Crippen LogP contribution in [0.3, 0.4) is 0 Å². The van der Waals surface area contributed by atoms with E-state index in [-0.39, 0.29) is 6.03 Å². The third-order valence-corrected chi connectivity index (χ3v) is 3.39. The fourth-order valence-electron chi connectivity index (χ4n) is 2.43. The van der Waals surface area contributed by atoms with Crippen molar-refractivity contribution in [3.8, 4) is 0 Å². The molecule has 4 heteroatoms. The zero-order chi connectivity index (χ0) is 10.8. The zero-order valence-corrected chi connectivity index (χ0v) is 9.70. The van der Waals surface area contributed by atoms with Gasteiger partial charge >= 0.3 is 6.03 Å². The summed E-state index contributed by atoms with van der Waals surface area (Å²) in [6.07, 6.45) is 1.21. The lowest BCUT2D eigenvalue weighted by Crippen LogP contribution is -2.38. The van der Waals surface area contributed by atoms with Crippen LogP contribution in [0.1, 0.15) is 20.3 Å². The Balaban J connectivity index is 1.86. The molecule has 15 heavy (non-hydrogen) atoms. The molecule has 1 N–H and O–H groups in total. The first-order valence-electron chi connectivity index (χ1n) is 5.94. The molecule has 2 aliphatic heterocycles. The summed E-state index contributed by atoms with van der Waals surface area (Å²) >= 11 is 0. The normalized spacial score (nSPS) is 27.1. The largest absolute Gasteiger partial charge is 0.323 e. The molecule has 1 atom stereocenters. The van der Waals surface area contributed by atoms with Gasteiger partial charge in [0.05, 0.1) is 0 Å². The summed E-state index contributed by atoms with van der Waals surface area (Å²) in [5.41, 5.74) is 0.